The third-order valence-electron chi connectivity index (χ3n) is 5.94. The van der Waals surface area contributed by atoms with Crippen molar-refractivity contribution in [3.63, 3.8) is 0 Å². The molecule has 0 spiro atoms. The molecule has 3 atom stereocenters. The Bertz CT molecular complexity index is 1010. The van der Waals surface area contributed by atoms with E-state index >= 15 is 0 Å². The molecule has 3 saturated heterocycles. The van der Waals surface area contributed by atoms with Crippen LogP contribution in [0.25, 0.3) is 0 Å². The van der Waals surface area contributed by atoms with Gasteiger partial charge in [-0.2, -0.15) is 0 Å². The van der Waals surface area contributed by atoms with Gasteiger partial charge in [0, 0.05) is 30.2 Å². The summed E-state index contributed by atoms with van der Waals surface area (Å²) in [6.07, 6.45) is 0.923. The van der Waals surface area contributed by atoms with Gasteiger partial charge < -0.3 is 0 Å². The molecule has 3 aliphatic heterocycles. The number of fused-ring (bicyclic) bond motifs is 3. The summed E-state index contributed by atoms with van der Waals surface area (Å²) in [6, 6.07) is 12.1. The number of hydrogen-bond acceptors (Lipinski definition) is 6. The van der Waals surface area contributed by atoms with Crippen LogP contribution in [0.1, 0.15) is 18.0 Å². The van der Waals surface area contributed by atoms with E-state index in [1.54, 1.807) is 12.1 Å². The average Bonchev–Trinajstić information content (AvgIpc) is 3.35. The number of carbonyl (C=O) groups is 2. The number of nitrogens with zero attached hydrogens (tertiary/aromatic N) is 4. The predicted molar refractivity (Wildman–Crippen MR) is 105 cm³/mol. The van der Waals surface area contributed by atoms with Gasteiger partial charge in [0.05, 0.1) is 22.6 Å². The number of imide groups is 1. The number of anilines is 1. The monoisotopic (exact) mass is 412 g/mol. The smallest absolute Gasteiger partial charge is 0.269 e. The van der Waals surface area contributed by atoms with Gasteiger partial charge in [0.15, 0.2) is 0 Å². The second kappa shape index (κ2) is 6.62. The molecule has 2 aromatic carbocycles. The summed E-state index contributed by atoms with van der Waals surface area (Å²) in [5.41, 5.74) is 1.22. The normalized spacial score (nSPS) is 26.8. The Labute approximate surface area is 171 Å². The zero-order chi connectivity index (χ0) is 20.3. The third-order valence-corrected chi connectivity index (χ3v) is 6.19. The van der Waals surface area contributed by atoms with Gasteiger partial charge in [0.1, 0.15) is 6.04 Å². The van der Waals surface area contributed by atoms with Gasteiger partial charge in [-0.1, -0.05) is 23.7 Å². The molecule has 3 heterocycles. The second-order valence-electron chi connectivity index (χ2n) is 7.43. The standard InChI is InChI=1S/C20H17ClN4O4/c21-13-4-2-12(3-5-13)17-16-18(23-11-1-10-22(17)23)20(27)24(19(16)26)14-6-8-15(9-7-14)25(28)29/h2-9,16-18H,1,10-11H2/t16-,17+,18-/m1/s1. The Morgan fingerprint density at radius 3 is 2.14 bits per heavy atom. The maximum atomic E-state index is 13.4. The van der Waals surface area contributed by atoms with E-state index in [-0.39, 0.29) is 23.5 Å². The van der Waals surface area contributed by atoms with Crippen molar-refractivity contribution in [2.45, 2.75) is 18.5 Å². The van der Waals surface area contributed by atoms with Crippen molar-refractivity contribution < 1.29 is 14.5 Å². The average molecular weight is 413 g/mol. The minimum absolute atomic E-state index is 0.0854. The maximum absolute atomic E-state index is 13.4. The number of nitro groups is 1. The summed E-state index contributed by atoms with van der Waals surface area (Å²) in [5.74, 6) is -1.08. The van der Waals surface area contributed by atoms with Crippen LogP contribution >= 0.6 is 11.6 Å². The lowest BCUT2D eigenvalue weighted by Crippen LogP contribution is -2.44. The topological polar surface area (TPSA) is 87.0 Å². The van der Waals surface area contributed by atoms with Gasteiger partial charge in [-0.25, -0.2) is 14.9 Å². The first-order chi connectivity index (χ1) is 14.0. The Morgan fingerprint density at radius 1 is 0.897 bits per heavy atom. The van der Waals surface area contributed by atoms with Gasteiger partial charge in [0.2, 0.25) is 5.91 Å². The van der Waals surface area contributed by atoms with Crippen LogP contribution in [0, 0.1) is 16.0 Å². The van der Waals surface area contributed by atoms with Crippen LogP contribution in [0.2, 0.25) is 5.02 Å². The van der Waals surface area contributed by atoms with Gasteiger partial charge in [-0.05, 0) is 36.2 Å². The lowest BCUT2D eigenvalue weighted by molar-refractivity contribution is -0.384. The van der Waals surface area contributed by atoms with E-state index in [9.17, 15) is 19.7 Å². The third kappa shape index (κ3) is 2.67. The van der Waals surface area contributed by atoms with E-state index in [1.165, 1.54) is 29.2 Å². The number of benzene rings is 2. The van der Waals surface area contributed by atoms with Crippen molar-refractivity contribution in [3.05, 3.63) is 69.2 Å². The van der Waals surface area contributed by atoms with E-state index in [4.69, 9.17) is 11.6 Å². The van der Waals surface area contributed by atoms with Crippen molar-refractivity contribution in [2.24, 2.45) is 5.92 Å². The number of non-ortho nitro benzene ring substituents is 1. The van der Waals surface area contributed by atoms with Crippen molar-refractivity contribution in [2.75, 3.05) is 18.0 Å². The first-order valence-electron chi connectivity index (χ1n) is 9.38. The summed E-state index contributed by atoms with van der Waals surface area (Å²) in [4.78, 5) is 38.2. The highest BCUT2D eigenvalue weighted by Crippen LogP contribution is 2.49. The molecule has 0 radical (unpaired) electrons. The molecule has 0 unspecified atom stereocenters. The number of halogens is 1. The van der Waals surface area contributed by atoms with Crippen LogP contribution in [0.15, 0.2) is 48.5 Å². The highest BCUT2D eigenvalue weighted by molar-refractivity contribution is 6.30. The molecule has 148 valence electrons. The summed E-state index contributed by atoms with van der Waals surface area (Å²) >= 11 is 6.03. The largest absolute Gasteiger partial charge is 0.274 e. The van der Waals surface area contributed by atoms with Crippen molar-refractivity contribution >= 4 is 34.8 Å². The zero-order valence-corrected chi connectivity index (χ0v) is 16.0. The minimum Gasteiger partial charge on any atom is -0.274 e. The van der Waals surface area contributed by atoms with Crippen LogP contribution in [0.3, 0.4) is 0 Å². The molecule has 3 fully saturated rings. The van der Waals surface area contributed by atoms with E-state index in [0.717, 1.165) is 25.1 Å². The molecule has 9 heteroatoms. The molecule has 0 N–H and O–H groups in total. The molecule has 2 amide bonds. The fraction of sp³-hybridized carbons (Fsp3) is 0.300. The molecule has 2 aromatic rings. The van der Waals surface area contributed by atoms with Crippen LogP contribution in [0.4, 0.5) is 11.4 Å². The first-order valence-corrected chi connectivity index (χ1v) is 9.76. The fourth-order valence-corrected chi connectivity index (χ4v) is 4.88. The number of hydrogen-bond donors (Lipinski definition) is 0. The van der Waals surface area contributed by atoms with E-state index in [0.29, 0.717) is 10.7 Å². The zero-order valence-electron chi connectivity index (χ0n) is 15.3. The van der Waals surface area contributed by atoms with Gasteiger partial charge >= 0.3 is 0 Å². The fourth-order valence-electron chi connectivity index (χ4n) is 4.75. The van der Waals surface area contributed by atoms with E-state index in [1.807, 2.05) is 17.1 Å². The number of amides is 2. The Morgan fingerprint density at radius 2 is 1.52 bits per heavy atom. The number of rotatable bonds is 3. The molecule has 0 bridgehead atoms. The van der Waals surface area contributed by atoms with Gasteiger partial charge in [0.25, 0.3) is 11.6 Å². The Balaban J connectivity index is 1.54. The summed E-state index contributed by atoms with van der Waals surface area (Å²) in [7, 11) is 0. The first kappa shape index (κ1) is 18.2. The van der Waals surface area contributed by atoms with E-state index in [2.05, 4.69) is 5.01 Å². The quantitative estimate of drug-likeness (QED) is 0.437. The molecule has 0 saturated carbocycles. The molecule has 0 aromatic heterocycles. The van der Waals surface area contributed by atoms with Gasteiger partial charge in [-0.3, -0.25) is 19.7 Å². The summed E-state index contributed by atoms with van der Waals surface area (Å²) < 4.78 is 0. The molecular weight excluding hydrogens is 396 g/mol. The minimum atomic E-state index is -0.555. The number of carbonyl (C=O) groups excluding carboxylic acids is 2. The maximum Gasteiger partial charge on any atom is 0.269 e. The lowest BCUT2D eigenvalue weighted by atomic mass is 9.90. The van der Waals surface area contributed by atoms with Crippen LogP contribution in [0.5, 0.6) is 0 Å². The SMILES string of the molecule is O=C1[C@H]2[C@H](C(=O)N1c1ccc([N+](=O)[O-])cc1)N1CCCN1[C@H]2c1ccc(Cl)cc1. The molecule has 5 rings (SSSR count). The van der Waals surface area contributed by atoms with Crippen LogP contribution < -0.4 is 4.90 Å². The lowest BCUT2D eigenvalue weighted by Gasteiger charge is -2.29. The van der Waals surface area contributed by atoms with E-state index < -0.39 is 16.9 Å². The molecular formula is C20H17ClN4O4. The number of hydrazine groups is 1. The van der Waals surface area contributed by atoms with Crippen LogP contribution in [-0.4, -0.2) is 45.9 Å². The summed E-state index contributed by atoms with van der Waals surface area (Å²) in [5, 5.41) is 15.7. The molecule has 3 aliphatic rings. The molecule has 0 aliphatic carbocycles. The molecule has 8 nitrogen and oxygen atoms in total. The van der Waals surface area contributed by atoms with Gasteiger partial charge in [-0.15, -0.1) is 0 Å². The molecule has 29 heavy (non-hydrogen) atoms. The summed E-state index contributed by atoms with van der Waals surface area (Å²) in [6.45, 7) is 1.51. The highest BCUT2D eigenvalue weighted by atomic mass is 35.5. The Hall–Kier alpha value is -2.81. The van der Waals surface area contributed by atoms with Crippen molar-refractivity contribution in [1.82, 2.24) is 10.0 Å². The predicted octanol–water partition coefficient (Wildman–Crippen LogP) is 2.78. The van der Waals surface area contributed by atoms with Crippen LogP contribution in [-0.2, 0) is 9.59 Å². The second-order valence-corrected chi connectivity index (χ2v) is 7.87. The Kier molecular flexibility index (Phi) is 4.16. The van der Waals surface area contributed by atoms with Crippen molar-refractivity contribution in [3.8, 4) is 0 Å². The number of nitro benzene ring substituents is 1. The van der Waals surface area contributed by atoms with Crippen molar-refractivity contribution in [1.29, 1.82) is 0 Å². The highest BCUT2D eigenvalue weighted by Gasteiger charge is 2.62.